The van der Waals surface area contributed by atoms with Gasteiger partial charge in [0.25, 0.3) is 5.91 Å². The molecule has 1 amide bonds. The number of hydrogen-bond donors (Lipinski definition) is 3. The molecule has 3 aromatic rings. The molecule has 0 unspecified atom stereocenters. The van der Waals surface area contributed by atoms with Gasteiger partial charge in [-0.05, 0) is 48.4 Å². The monoisotopic (exact) mass is 617 g/mol. The predicted octanol–water partition coefficient (Wildman–Crippen LogP) is 5.25. The lowest BCUT2D eigenvalue weighted by molar-refractivity contribution is -0.154. The lowest BCUT2D eigenvalue weighted by atomic mass is 9.92. The number of terminal acetylenes is 1. The quantitative estimate of drug-likeness (QED) is 0.332. The minimum absolute atomic E-state index is 0.0303. The molecular weight excluding hydrogens is 587 g/mol. The Bertz CT molecular complexity index is 1460. The number of benzene rings is 2. The third kappa shape index (κ3) is 9.82. The molecule has 5 heterocycles. The fraction of sp³-hybridized carbons (Fsp3) is 0.379. The second kappa shape index (κ2) is 13.7. The zero-order valence-electron chi connectivity index (χ0n) is 23.6. The van der Waals surface area contributed by atoms with Gasteiger partial charge in [0.2, 0.25) is 11.9 Å². The van der Waals surface area contributed by atoms with E-state index >= 15 is 0 Å². The maximum Gasteiger partial charge on any atom is 0.422 e. The van der Waals surface area contributed by atoms with Crippen molar-refractivity contribution in [1.82, 2.24) is 25.2 Å². The van der Waals surface area contributed by atoms with Gasteiger partial charge in [-0.2, -0.15) is 28.1 Å². The van der Waals surface area contributed by atoms with Crippen LogP contribution in [0.1, 0.15) is 36.2 Å². The largest absolute Gasteiger partial charge is 0.492 e. The second-order valence-corrected chi connectivity index (χ2v) is 11.0. The highest BCUT2D eigenvalue weighted by molar-refractivity contribution is 6.32. The SMILES string of the molecule is C#CN1CCCOc2ccc(cc2Cl)CNc2nc(nc(OCC(F)(F)F)n2)Nc2ccc(cc2)C(=O)NCC(C)(C)C1. The van der Waals surface area contributed by atoms with Crippen LogP contribution in [0.3, 0.4) is 0 Å². The Balaban J connectivity index is 1.60. The number of carbonyl (C=O) groups is 1. The van der Waals surface area contributed by atoms with Gasteiger partial charge in [-0.1, -0.05) is 37.9 Å². The smallest absolute Gasteiger partial charge is 0.422 e. The topological polar surface area (TPSA) is 114 Å². The first-order valence-corrected chi connectivity index (χ1v) is 13.7. The van der Waals surface area contributed by atoms with E-state index in [0.717, 1.165) is 5.56 Å². The maximum atomic E-state index is 12.8. The molecule has 0 aliphatic carbocycles. The summed E-state index contributed by atoms with van der Waals surface area (Å²) < 4.78 is 49.0. The molecule has 0 fully saturated rings. The first-order valence-electron chi connectivity index (χ1n) is 13.4. The van der Waals surface area contributed by atoms with Crippen molar-refractivity contribution in [2.45, 2.75) is 33.0 Å². The Hall–Kier alpha value is -4.44. The summed E-state index contributed by atoms with van der Waals surface area (Å²) in [5.74, 6) is 0.127. The predicted molar refractivity (Wildman–Crippen MR) is 157 cm³/mol. The third-order valence-corrected chi connectivity index (χ3v) is 6.48. The number of aromatic nitrogens is 3. The molecule has 4 aliphatic rings. The number of rotatable bonds is 2. The van der Waals surface area contributed by atoms with Crippen LogP contribution in [0.4, 0.5) is 30.8 Å². The molecule has 43 heavy (non-hydrogen) atoms. The van der Waals surface area contributed by atoms with Gasteiger partial charge in [0.05, 0.1) is 11.6 Å². The number of anilines is 3. The number of carbonyl (C=O) groups excluding carboxylic acids is 1. The van der Waals surface area contributed by atoms with E-state index in [1.165, 1.54) is 0 Å². The normalized spacial score (nSPS) is 16.1. The molecule has 0 radical (unpaired) electrons. The molecule has 0 atom stereocenters. The third-order valence-electron chi connectivity index (χ3n) is 6.19. The van der Waals surface area contributed by atoms with Crippen LogP contribution in [0.2, 0.25) is 5.02 Å². The molecule has 1 aromatic heterocycles. The molecule has 7 rings (SSSR count). The lowest BCUT2D eigenvalue weighted by Crippen LogP contribution is -2.41. The van der Waals surface area contributed by atoms with Crippen LogP contribution in [0.25, 0.3) is 0 Å². The van der Waals surface area contributed by atoms with E-state index in [4.69, 9.17) is 27.5 Å². The van der Waals surface area contributed by atoms with Crippen LogP contribution in [-0.2, 0) is 6.54 Å². The number of ether oxygens (including phenoxy) is 2. The fourth-order valence-electron chi connectivity index (χ4n) is 4.11. The van der Waals surface area contributed by atoms with Crippen LogP contribution < -0.4 is 25.4 Å². The minimum atomic E-state index is -4.58. The summed E-state index contributed by atoms with van der Waals surface area (Å²) in [6.07, 6.45) is 1.81. The van der Waals surface area contributed by atoms with Gasteiger partial charge in [-0.3, -0.25) is 4.79 Å². The van der Waals surface area contributed by atoms with Gasteiger partial charge in [-0.15, -0.1) is 0 Å². The highest BCUT2D eigenvalue weighted by atomic mass is 35.5. The van der Waals surface area contributed by atoms with Gasteiger partial charge in [0.15, 0.2) is 6.61 Å². The number of hydrogen-bond acceptors (Lipinski definition) is 9. The number of halogens is 4. The number of nitrogens with one attached hydrogen (secondary N) is 3. The van der Waals surface area contributed by atoms with E-state index in [9.17, 15) is 18.0 Å². The highest BCUT2D eigenvalue weighted by Crippen LogP contribution is 2.27. The molecule has 6 bridgehead atoms. The Labute approximate surface area is 252 Å². The average molecular weight is 618 g/mol. The summed E-state index contributed by atoms with van der Waals surface area (Å²) in [4.78, 5) is 26.8. The Kier molecular flexibility index (Phi) is 10.0. The molecule has 0 spiro atoms. The van der Waals surface area contributed by atoms with Crippen molar-refractivity contribution in [3.63, 3.8) is 0 Å². The van der Waals surface area contributed by atoms with Crippen LogP contribution in [0, 0.1) is 17.9 Å². The van der Waals surface area contributed by atoms with Crippen molar-refractivity contribution in [2.24, 2.45) is 5.41 Å². The molecule has 2 aromatic carbocycles. The van der Waals surface area contributed by atoms with Crippen molar-refractivity contribution >= 4 is 35.1 Å². The first kappa shape index (κ1) is 31.5. The molecule has 14 heteroatoms. The minimum Gasteiger partial charge on any atom is -0.492 e. The van der Waals surface area contributed by atoms with E-state index in [-0.39, 0.29) is 29.8 Å². The summed E-state index contributed by atoms with van der Waals surface area (Å²) in [7, 11) is 0. The van der Waals surface area contributed by atoms with Crippen LogP contribution >= 0.6 is 11.6 Å². The molecule has 0 saturated carbocycles. The standard InChI is InChI=1S/C29H31ClF3N7O3/c1-4-40-12-5-13-42-23-11-6-19(14-22(23)30)15-34-25-37-26(39-27(38-25)43-18-29(31,32)33)36-21-9-7-20(8-10-21)24(41)35-16-28(2,3)17-40/h1,6-11,14H,5,12-13,15-18H2,2-3H3,(H,35,41)(H2,34,36,37,38,39). The Morgan fingerprint density at radius 2 is 1.86 bits per heavy atom. The van der Waals surface area contributed by atoms with Gasteiger partial charge in [-0.25, -0.2) is 0 Å². The molecule has 228 valence electrons. The zero-order valence-corrected chi connectivity index (χ0v) is 24.3. The molecule has 4 aliphatic heterocycles. The first-order chi connectivity index (χ1) is 20.4. The van der Waals surface area contributed by atoms with Crippen molar-refractivity contribution in [2.75, 3.05) is 43.5 Å². The van der Waals surface area contributed by atoms with Crippen molar-refractivity contribution in [3.05, 3.63) is 58.6 Å². The molecule has 0 saturated heterocycles. The summed E-state index contributed by atoms with van der Waals surface area (Å²) in [6, 6.07) is 13.9. The zero-order chi connectivity index (χ0) is 31.0. The van der Waals surface area contributed by atoms with E-state index in [1.54, 1.807) is 42.5 Å². The van der Waals surface area contributed by atoms with Gasteiger partial charge >= 0.3 is 12.2 Å². The average Bonchev–Trinajstić information content (AvgIpc) is 2.95. The number of amides is 1. The summed E-state index contributed by atoms with van der Waals surface area (Å²) in [6.45, 7) is 4.54. The van der Waals surface area contributed by atoms with Gasteiger partial charge in [0, 0.05) is 48.9 Å². The fourth-order valence-corrected chi connectivity index (χ4v) is 4.37. The van der Waals surface area contributed by atoms with E-state index in [1.807, 2.05) is 18.7 Å². The van der Waals surface area contributed by atoms with Crippen LogP contribution in [0.15, 0.2) is 42.5 Å². The summed E-state index contributed by atoms with van der Waals surface area (Å²) >= 11 is 6.44. The molecular formula is C29H31ClF3N7O3. The maximum absolute atomic E-state index is 12.8. The van der Waals surface area contributed by atoms with Gasteiger partial charge in [0.1, 0.15) is 5.75 Å². The van der Waals surface area contributed by atoms with E-state index in [0.29, 0.717) is 54.7 Å². The van der Waals surface area contributed by atoms with Gasteiger partial charge < -0.3 is 30.3 Å². The molecule has 10 nitrogen and oxygen atoms in total. The van der Waals surface area contributed by atoms with Crippen LogP contribution in [0.5, 0.6) is 11.8 Å². The number of nitrogens with zero attached hydrogens (tertiary/aromatic N) is 4. The summed E-state index contributed by atoms with van der Waals surface area (Å²) in [5.41, 5.74) is 1.32. The highest BCUT2D eigenvalue weighted by Gasteiger charge is 2.29. The second-order valence-electron chi connectivity index (χ2n) is 10.6. The van der Waals surface area contributed by atoms with Crippen LogP contribution in [-0.4, -0.2) is 64.8 Å². The summed E-state index contributed by atoms with van der Waals surface area (Å²) in [5, 5.41) is 9.19. The Morgan fingerprint density at radius 3 is 2.56 bits per heavy atom. The van der Waals surface area contributed by atoms with E-state index in [2.05, 4.69) is 36.9 Å². The lowest BCUT2D eigenvalue weighted by Gasteiger charge is -2.30. The Morgan fingerprint density at radius 1 is 1.12 bits per heavy atom. The van der Waals surface area contributed by atoms with E-state index < -0.39 is 18.8 Å². The van der Waals surface area contributed by atoms with Crippen molar-refractivity contribution in [3.8, 4) is 24.2 Å². The van der Waals surface area contributed by atoms with Crippen molar-refractivity contribution < 1.29 is 27.4 Å². The molecule has 3 N–H and O–H groups in total. The van der Waals surface area contributed by atoms with Crippen molar-refractivity contribution in [1.29, 1.82) is 0 Å². The number of alkyl halides is 3.